The fraction of sp³-hybridized carbons (Fsp3) is 0.861. The van der Waals surface area contributed by atoms with E-state index in [9.17, 15) is 24.5 Å². The van der Waals surface area contributed by atoms with E-state index in [2.05, 4.69) is 53.7 Å². The Morgan fingerprint density at radius 1 is 0.977 bits per heavy atom. The molecule has 0 amide bonds. The predicted molar refractivity (Wildman–Crippen MR) is 173 cm³/mol. The van der Waals surface area contributed by atoms with Crippen molar-refractivity contribution in [3.63, 3.8) is 0 Å². The number of carboxylic acid groups (broad SMARTS) is 1. The molecule has 0 heterocycles. The molecule has 5 aliphatic carbocycles. The fourth-order valence-corrected chi connectivity index (χ4v) is 12.0. The third kappa shape index (κ3) is 4.77. The van der Waals surface area contributed by atoms with Crippen LogP contribution in [0.4, 0.5) is 0 Å². The zero-order valence-corrected chi connectivity index (χ0v) is 29.1. The summed E-state index contributed by atoms with van der Waals surface area (Å²) in [6, 6.07) is 0. The summed E-state index contributed by atoms with van der Waals surface area (Å²) in [4.78, 5) is 38.2. The molecule has 0 spiro atoms. The highest BCUT2D eigenvalue weighted by Crippen LogP contribution is 2.75. The van der Waals surface area contributed by atoms with E-state index < -0.39 is 29.9 Å². The number of carbonyl (C=O) groups is 3. The smallest absolute Gasteiger partial charge is 0.374 e. The standard InChI is InChI=1S/C36H58BNO6/c1-21(2)28-23(39)19-36(38-37(10)43)18-17-34(8)22(29(28)36)11-12-25-33(7)15-14-26(44-27(40)20-31(3,4)30(41)42)32(5,6)24(33)13-16-35(25,34)9/h21-22,24-26,38,43H,11-20H2,1-10H3,(H,41,42)/t22-,24+,25-,26+,33+,34-,35-,36-/m1/s1. The highest BCUT2D eigenvalue weighted by atomic mass is 16.5. The van der Waals surface area contributed by atoms with Crippen LogP contribution in [0.2, 0.25) is 6.82 Å². The van der Waals surface area contributed by atoms with E-state index in [1.54, 1.807) is 20.7 Å². The predicted octanol–water partition coefficient (Wildman–Crippen LogP) is 6.83. The van der Waals surface area contributed by atoms with Crippen molar-refractivity contribution in [3.8, 4) is 0 Å². The zero-order chi connectivity index (χ0) is 32.8. The average Bonchev–Trinajstić information content (AvgIpc) is 3.17. The molecule has 0 bridgehead atoms. The van der Waals surface area contributed by atoms with E-state index in [0.717, 1.165) is 56.9 Å². The summed E-state index contributed by atoms with van der Waals surface area (Å²) >= 11 is 0. The van der Waals surface area contributed by atoms with Crippen LogP contribution >= 0.6 is 0 Å². The van der Waals surface area contributed by atoms with Crippen LogP contribution in [0.5, 0.6) is 0 Å². The number of rotatable bonds is 7. The summed E-state index contributed by atoms with van der Waals surface area (Å²) in [5.41, 5.74) is 0.781. The van der Waals surface area contributed by atoms with Crippen LogP contribution in [-0.2, 0) is 19.1 Å². The molecule has 4 fully saturated rings. The summed E-state index contributed by atoms with van der Waals surface area (Å²) < 4.78 is 6.12. The summed E-state index contributed by atoms with van der Waals surface area (Å²) in [6.45, 7) is 21.4. The van der Waals surface area contributed by atoms with E-state index >= 15 is 0 Å². The van der Waals surface area contributed by atoms with Gasteiger partial charge in [0.05, 0.1) is 11.8 Å². The van der Waals surface area contributed by atoms with Gasteiger partial charge in [-0.1, -0.05) is 48.5 Å². The van der Waals surface area contributed by atoms with Crippen molar-refractivity contribution in [3.05, 3.63) is 11.1 Å². The van der Waals surface area contributed by atoms with Crippen LogP contribution in [-0.4, -0.2) is 46.5 Å². The van der Waals surface area contributed by atoms with Gasteiger partial charge in [-0.15, -0.1) is 0 Å². The van der Waals surface area contributed by atoms with Gasteiger partial charge in [-0.3, -0.25) is 14.4 Å². The number of carboxylic acids is 1. The highest BCUT2D eigenvalue weighted by molar-refractivity contribution is 6.46. The fourth-order valence-electron chi connectivity index (χ4n) is 12.0. The number of allylic oxidation sites excluding steroid dienone is 1. The van der Waals surface area contributed by atoms with Crippen molar-refractivity contribution in [2.24, 2.45) is 50.7 Å². The van der Waals surface area contributed by atoms with E-state index in [0.29, 0.717) is 24.2 Å². The van der Waals surface area contributed by atoms with Gasteiger partial charge < -0.3 is 20.1 Å². The van der Waals surface area contributed by atoms with Crippen LogP contribution in [0, 0.1) is 50.7 Å². The molecule has 5 aliphatic rings. The molecule has 44 heavy (non-hydrogen) atoms. The van der Waals surface area contributed by atoms with Gasteiger partial charge in [0.2, 0.25) is 0 Å². The lowest BCUT2D eigenvalue weighted by Crippen LogP contribution is -2.67. The number of ketones is 1. The lowest BCUT2D eigenvalue weighted by molar-refractivity contribution is -0.232. The van der Waals surface area contributed by atoms with E-state index in [-0.39, 0.29) is 45.9 Å². The molecule has 3 N–H and O–H groups in total. The van der Waals surface area contributed by atoms with Gasteiger partial charge in [-0.25, -0.2) is 0 Å². The molecule has 0 radical (unpaired) electrons. The number of esters is 1. The van der Waals surface area contributed by atoms with Gasteiger partial charge >= 0.3 is 19.0 Å². The molecule has 246 valence electrons. The molecular weight excluding hydrogens is 553 g/mol. The number of carbonyl (C=O) groups excluding carboxylic acids is 2. The van der Waals surface area contributed by atoms with Crippen LogP contribution in [0.15, 0.2) is 11.1 Å². The third-order valence-electron chi connectivity index (χ3n) is 14.3. The molecule has 7 nitrogen and oxygen atoms in total. The Labute approximate surface area is 265 Å². The van der Waals surface area contributed by atoms with Crippen molar-refractivity contribution in [1.29, 1.82) is 0 Å². The van der Waals surface area contributed by atoms with Crippen LogP contribution in [0.1, 0.15) is 127 Å². The van der Waals surface area contributed by atoms with Crippen molar-refractivity contribution in [2.75, 3.05) is 0 Å². The maximum Gasteiger partial charge on any atom is 0.374 e. The minimum atomic E-state index is -1.15. The maximum atomic E-state index is 13.6. The topological polar surface area (TPSA) is 113 Å². The van der Waals surface area contributed by atoms with Gasteiger partial charge in [0.1, 0.15) is 6.10 Å². The Kier molecular flexibility index (Phi) is 8.18. The summed E-state index contributed by atoms with van der Waals surface area (Å²) in [5.74, 6) is 0.258. The molecular formula is C36H58BNO6. The highest BCUT2D eigenvalue weighted by Gasteiger charge is 2.70. The Balaban J connectivity index is 1.45. The number of fused-ring (bicyclic) bond motifs is 7. The molecule has 4 saturated carbocycles. The Bertz CT molecular complexity index is 1250. The van der Waals surface area contributed by atoms with E-state index in [4.69, 9.17) is 4.74 Å². The monoisotopic (exact) mass is 611 g/mol. The maximum absolute atomic E-state index is 13.6. The number of hydrogen-bond donors (Lipinski definition) is 3. The Morgan fingerprint density at radius 3 is 2.23 bits per heavy atom. The van der Waals surface area contributed by atoms with Gasteiger partial charge in [0.25, 0.3) is 0 Å². The summed E-state index contributed by atoms with van der Waals surface area (Å²) in [6.07, 6.45) is 8.17. The van der Waals surface area contributed by atoms with Crippen LogP contribution < -0.4 is 5.23 Å². The minimum Gasteiger partial charge on any atom is -0.481 e. The Morgan fingerprint density at radius 2 is 1.64 bits per heavy atom. The van der Waals surface area contributed by atoms with Crippen molar-refractivity contribution >= 4 is 24.8 Å². The van der Waals surface area contributed by atoms with Gasteiger partial charge in [-0.05, 0) is 123 Å². The first kappa shape index (κ1) is 33.7. The van der Waals surface area contributed by atoms with Crippen molar-refractivity contribution in [1.82, 2.24) is 5.23 Å². The van der Waals surface area contributed by atoms with Gasteiger partial charge in [-0.2, -0.15) is 0 Å². The second-order valence-corrected chi connectivity index (χ2v) is 17.8. The van der Waals surface area contributed by atoms with Crippen molar-refractivity contribution in [2.45, 2.75) is 145 Å². The zero-order valence-electron chi connectivity index (χ0n) is 29.1. The largest absolute Gasteiger partial charge is 0.481 e. The number of Topliss-reactive ketones (excluding diaryl/α,β-unsaturated/α-hetero) is 1. The quantitative estimate of drug-likeness (QED) is 0.214. The summed E-state index contributed by atoms with van der Waals surface area (Å²) in [7, 11) is -0.670. The third-order valence-corrected chi connectivity index (χ3v) is 14.3. The van der Waals surface area contributed by atoms with Crippen molar-refractivity contribution < 1.29 is 29.3 Å². The molecule has 0 aromatic heterocycles. The molecule has 5 rings (SSSR count). The molecule has 8 atom stereocenters. The van der Waals surface area contributed by atoms with E-state index in [1.807, 2.05) is 0 Å². The molecule has 8 heteroatoms. The Hall–Kier alpha value is -1.67. The second kappa shape index (κ2) is 10.7. The molecule has 0 saturated heterocycles. The minimum absolute atomic E-state index is 0.0454. The first-order valence-corrected chi connectivity index (χ1v) is 17.3. The molecule has 0 unspecified atom stereocenters. The van der Waals surface area contributed by atoms with Gasteiger partial charge in [0, 0.05) is 17.4 Å². The van der Waals surface area contributed by atoms with Crippen LogP contribution in [0.25, 0.3) is 0 Å². The number of hydrogen-bond acceptors (Lipinski definition) is 6. The lowest BCUT2D eigenvalue weighted by Gasteiger charge is -2.72. The average molecular weight is 612 g/mol. The SMILES string of the molecule is CB(O)N[C@@]12CC[C@]3(C)[C@H](CC[C@@H]4[C@@]5(C)CC[C@H](OC(=O)CC(C)(C)C(=O)O)C(C)(C)[C@@H]5CC[C@]43C)C1=C(C(C)C)C(=O)C2. The first-order valence-electron chi connectivity index (χ1n) is 17.3. The number of ether oxygens (including phenoxy) is 1. The summed E-state index contributed by atoms with van der Waals surface area (Å²) in [5, 5.41) is 23.6. The molecule has 0 aliphatic heterocycles. The van der Waals surface area contributed by atoms with Gasteiger partial charge in [0.15, 0.2) is 5.78 Å². The number of aliphatic carboxylic acids is 1. The molecule has 0 aromatic rings. The normalized spacial score (nSPS) is 41.4. The van der Waals surface area contributed by atoms with Crippen LogP contribution in [0.3, 0.4) is 0 Å². The lowest BCUT2D eigenvalue weighted by atomic mass is 9.33. The van der Waals surface area contributed by atoms with E-state index in [1.165, 1.54) is 5.57 Å². The second-order valence-electron chi connectivity index (χ2n) is 17.8. The first-order chi connectivity index (χ1) is 20.2. The number of nitrogens with one attached hydrogen (secondary N) is 1. The molecule has 0 aromatic carbocycles.